The molecule has 1 saturated heterocycles. The zero-order valence-corrected chi connectivity index (χ0v) is 10.3. The molecule has 1 aliphatic heterocycles. The second-order valence-electron chi connectivity index (χ2n) is 4.78. The van der Waals surface area contributed by atoms with Gasteiger partial charge in [-0.3, -0.25) is 0 Å². The van der Waals surface area contributed by atoms with Crippen LogP contribution in [0.1, 0.15) is 0 Å². The Kier molecular flexibility index (Phi) is 2.34. The monoisotopic (exact) mass is 186 g/mol. The van der Waals surface area contributed by atoms with Crippen LogP contribution in [0.5, 0.6) is 0 Å². The van der Waals surface area contributed by atoms with E-state index < -0.39 is 16.5 Å². The minimum Gasteiger partial charge on any atom is -0.345 e. The summed E-state index contributed by atoms with van der Waals surface area (Å²) in [6.07, 6.45) is 0. The van der Waals surface area contributed by atoms with Gasteiger partial charge in [-0.2, -0.15) is 0 Å². The lowest BCUT2D eigenvalue weighted by molar-refractivity contribution is 0.700. The lowest BCUT2D eigenvalue weighted by Gasteiger charge is -2.37. The third-order valence-electron chi connectivity index (χ3n) is 3.03. The van der Waals surface area contributed by atoms with Gasteiger partial charge in [0.15, 0.2) is 0 Å². The predicted octanol–water partition coefficient (Wildman–Crippen LogP) is 2.55. The highest BCUT2D eigenvalue weighted by Crippen LogP contribution is 2.36. The Labute approximate surface area is 73.0 Å². The van der Waals surface area contributed by atoms with E-state index in [1.807, 2.05) is 0 Å². The third kappa shape index (κ3) is 1.60. The van der Waals surface area contributed by atoms with Crippen molar-refractivity contribution in [2.75, 3.05) is 6.54 Å². The zero-order valence-electron chi connectivity index (χ0n) is 8.28. The molecule has 1 rings (SSSR count). The quantitative estimate of drug-likeness (QED) is 0.569. The smallest absolute Gasteiger partial charge is 0.115 e. The molecule has 3 heteroatoms. The van der Waals surface area contributed by atoms with Crippen LogP contribution in [0.3, 0.4) is 0 Å². The molecule has 0 aromatic rings. The van der Waals surface area contributed by atoms with Crippen molar-refractivity contribution in [3.8, 4) is 0 Å². The molecule has 0 atom stereocenters. The van der Waals surface area contributed by atoms with Crippen molar-refractivity contribution in [2.45, 2.75) is 38.3 Å². The molecule has 0 spiro atoms. The normalized spacial score (nSPS) is 29.2. The van der Waals surface area contributed by atoms with Crippen LogP contribution in [0.2, 0.25) is 38.3 Å². The number of nitrogens with zero attached hydrogens (tertiary/aromatic N) is 1. The molecule has 65 valence electrons. The van der Waals surface area contributed by atoms with Gasteiger partial charge >= 0.3 is 0 Å². The molecule has 1 heterocycles. The van der Waals surface area contributed by atoms with Crippen molar-refractivity contribution in [3.63, 3.8) is 0 Å². The van der Waals surface area contributed by atoms with Crippen LogP contribution in [0.25, 0.3) is 0 Å². The Balaban J connectivity index is 2.80. The van der Waals surface area contributed by atoms with E-state index in [4.69, 9.17) is 0 Å². The Morgan fingerprint density at radius 3 is 1.64 bits per heavy atom. The molecule has 1 nitrogen and oxygen atoms in total. The molecule has 0 saturated carbocycles. The minimum absolute atomic E-state index is 0.972. The third-order valence-corrected chi connectivity index (χ3v) is 13.5. The summed E-state index contributed by atoms with van der Waals surface area (Å²) < 4.78 is 2.78. The van der Waals surface area contributed by atoms with E-state index in [0.717, 1.165) is 6.54 Å². The van der Waals surface area contributed by atoms with Crippen molar-refractivity contribution >= 4 is 16.5 Å². The fourth-order valence-electron chi connectivity index (χ4n) is 2.31. The van der Waals surface area contributed by atoms with E-state index in [9.17, 15) is 0 Å². The van der Waals surface area contributed by atoms with Crippen LogP contribution in [-0.4, -0.2) is 27.2 Å². The van der Waals surface area contributed by atoms with Crippen molar-refractivity contribution in [1.29, 1.82) is 0 Å². The highest BCUT2D eigenvalue weighted by atomic mass is 28.4. The molecule has 1 fully saturated rings. The largest absolute Gasteiger partial charge is 0.345 e. The van der Waals surface area contributed by atoms with Crippen molar-refractivity contribution < 1.29 is 0 Å². The molecule has 1 radical (unpaired) electrons. The fraction of sp³-hybridized carbons (Fsp3) is 0.875. The summed E-state index contributed by atoms with van der Waals surface area (Å²) in [7, 11) is -1.94. The van der Waals surface area contributed by atoms with Crippen molar-refractivity contribution in [3.05, 3.63) is 6.92 Å². The summed E-state index contributed by atoms with van der Waals surface area (Å²) in [6, 6.07) is 3.00. The summed E-state index contributed by atoms with van der Waals surface area (Å²) in [5.41, 5.74) is 0. The summed E-state index contributed by atoms with van der Waals surface area (Å²) in [4.78, 5) is 0. The van der Waals surface area contributed by atoms with Gasteiger partial charge in [-0.25, -0.2) is 0 Å². The molecule has 11 heavy (non-hydrogen) atoms. The second kappa shape index (κ2) is 2.71. The molecular weight excluding hydrogens is 166 g/mol. The van der Waals surface area contributed by atoms with Crippen LogP contribution in [-0.2, 0) is 0 Å². The first kappa shape index (κ1) is 9.48. The zero-order chi connectivity index (χ0) is 8.70. The highest BCUT2D eigenvalue weighted by molar-refractivity contribution is 6.95. The first-order chi connectivity index (χ1) is 4.90. The van der Waals surface area contributed by atoms with Crippen LogP contribution < -0.4 is 0 Å². The average Bonchev–Trinajstić information content (AvgIpc) is 2.03. The standard InChI is InChI=1S/C8H20NSi2/c1-6-9-10(2,3)7-8-11(9,4)5/h1,6-8H2,2-5H3. The molecular formula is C8H20NSi2. The van der Waals surface area contributed by atoms with E-state index >= 15 is 0 Å². The maximum atomic E-state index is 4.05. The van der Waals surface area contributed by atoms with Crippen LogP contribution in [0, 0.1) is 6.92 Å². The summed E-state index contributed by atoms with van der Waals surface area (Å²) in [6.45, 7) is 15.1. The Bertz CT molecular complexity index is 138. The maximum Gasteiger partial charge on any atom is 0.115 e. The first-order valence-corrected chi connectivity index (χ1v) is 10.8. The number of hydrogen-bond acceptors (Lipinski definition) is 1. The Morgan fingerprint density at radius 2 is 1.45 bits per heavy atom. The Hall–Kier alpha value is 0.394. The lowest BCUT2D eigenvalue weighted by Crippen LogP contribution is -2.54. The van der Waals surface area contributed by atoms with Gasteiger partial charge in [0.2, 0.25) is 0 Å². The lowest BCUT2D eigenvalue weighted by atomic mass is 10.8. The first-order valence-electron chi connectivity index (χ1n) is 4.47. The topological polar surface area (TPSA) is 3.24 Å². The van der Waals surface area contributed by atoms with E-state index in [0.29, 0.717) is 0 Å². The van der Waals surface area contributed by atoms with Crippen molar-refractivity contribution in [1.82, 2.24) is 4.23 Å². The molecule has 0 aliphatic carbocycles. The van der Waals surface area contributed by atoms with Gasteiger partial charge in [-0.1, -0.05) is 26.2 Å². The maximum absolute atomic E-state index is 4.05. The van der Waals surface area contributed by atoms with Crippen LogP contribution in [0.4, 0.5) is 0 Å². The van der Waals surface area contributed by atoms with Crippen molar-refractivity contribution in [2.24, 2.45) is 0 Å². The molecule has 0 unspecified atom stereocenters. The predicted molar refractivity (Wildman–Crippen MR) is 56.6 cm³/mol. The van der Waals surface area contributed by atoms with E-state index in [1.165, 1.54) is 12.1 Å². The van der Waals surface area contributed by atoms with Gasteiger partial charge in [0.05, 0.1) is 0 Å². The van der Waals surface area contributed by atoms with Gasteiger partial charge in [-0.05, 0) is 25.6 Å². The summed E-state index contributed by atoms with van der Waals surface area (Å²) in [5.74, 6) is 0. The fourth-order valence-corrected chi connectivity index (χ4v) is 16.2. The summed E-state index contributed by atoms with van der Waals surface area (Å²) >= 11 is 0. The number of hydrogen-bond donors (Lipinski definition) is 0. The SMILES string of the molecule is [CH2]CN1[Si](C)(C)CC[Si]1(C)C. The molecule has 0 aromatic heterocycles. The van der Waals surface area contributed by atoms with Gasteiger partial charge in [0, 0.05) is 0 Å². The Morgan fingerprint density at radius 1 is 1.09 bits per heavy atom. The molecule has 0 amide bonds. The number of rotatable bonds is 1. The van der Waals surface area contributed by atoms with E-state index in [2.05, 4.69) is 37.3 Å². The van der Waals surface area contributed by atoms with Gasteiger partial charge in [0.25, 0.3) is 0 Å². The van der Waals surface area contributed by atoms with Gasteiger partial charge < -0.3 is 4.23 Å². The second-order valence-corrected chi connectivity index (χ2v) is 14.6. The molecule has 1 aliphatic rings. The molecule has 0 N–H and O–H groups in total. The highest BCUT2D eigenvalue weighted by Gasteiger charge is 2.45. The van der Waals surface area contributed by atoms with Gasteiger partial charge in [-0.15, -0.1) is 0 Å². The van der Waals surface area contributed by atoms with E-state index in [1.54, 1.807) is 0 Å². The van der Waals surface area contributed by atoms with E-state index in [-0.39, 0.29) is 0 Å². The summed E-state index contributed by atoms with van der Waals surface area (Å²) in [5, 5.41) is 0. The molecule has 0 aromatic carbocycles. The molecule has 0 bridgehead atoms. The van der Waals surface area contributed by atoms with Crippen LogP contribution >= 0.6 is 0 Å². The van der Waals surface area contributed by atoms with Gasteiger partial charge in [0.1, 0.15) is 16.5 Å². The minimum atomic E-state index is -0.972. The average molecular weight is 186 g/mol. The van der Waals surface area contributed by atoms with Crippen LogP contribution in [0.15, 0.2) is 0 Å².